The summed E-state index contributed by atoms with van der Waals surface area (Å²) in [6.45, 7) is 0.0781. The third kappa shape index (κ3) is 2.62. The molecule has 0 saturated heterocycles. The Morgan fingerprint density at radius 3 is 2.93 bits per heavy atom. The Balaban J connectivity index is 3.04. The van der Waals surface area contributed by atoms with E-state index in [1.807, 2.05) is 5.43 Å². The number of benzene rings is 1. The van der Waals surface area contributed by atoms with Gasteiger partial charge in [0.25, 0.3) is 5.91 Å². The van der Waals surface area contributed by atoms with Crippen LogP contribution >= 0.6 is 0 Å². The maximum absolute atomic E-state index is 11.3. The summed E-state index contributed by atoms with van der Waals surface area (Å²) >= 11 is 0. The number of terminal acetylenes is 1. The molecule has 5 heteroatoms. The van der Waals surface area contributed by atoms with Crippen LogP contribution in [0.1, 0.15) is 10.4 Å². The fraction of sp³-hybridized carbons (Fsp3) is 0.100. The van der Waals surface area contributed by atoms with Crippen LogP contribution in [0.25, 0.3) is 0 Å². The van der Waals surface area contributed by atoms with Gasteiger partial charge < -0.3 is 10.5 Å². The minimum atomic E-state index is -0.477. The summed E-state index contributed by atoms with van der Waals surface area (Å²) in [5.41, 5.74) is 8.23. The molecule has 0 bridgehead atoms. The van der Waals surface area contributed by atoms with Crippen molar-refractivity contribution in [1.82, 2.24) is 5.43 Å². The van der Waals surface area contributed by atoms with Gasteiger partial charge in [-0.05, 0) is 18.2 Å². The molecule has 1 rings (SSSR count). The molecule has 1 aromatic rings. The standard InChI is InChI=1S/C10H11N3O2/c1-2-5-15-9-4-3-7(11)6-8(9)10(14)13-12/h1,3-4,6H,5,11-12H2,(H,13,14). The van der Waals surface area contributed by atoms with E-state index in [0.29, 0.717) is 11.4 Å². The lowest BCUT2D eigenvalue weighted by Gasteiger charge is -2.08. The number of anilines is 1. The molecule has 0 atom stereocenters. The van der Waals surface area contributed by atoms with E-state index in [9.17, 15) is 4.79 Å². The number of nitrogens with one attached hydrogen (secondary N) is 1. The SMILES string of the molecule is C#CCOc1ccc(N)cc1C(=O)NN. The van der Waals surface area contributed by atoms with Crippen LogP contribution in [-0.2, 0) is 0 Å². The van der Waals surface area contributed by atoms with Crippen molar-refractivity contribution in [2.24, 2.45) is 5.84 Å². The largest absolute Gasteiger partial charge is 0.480 e. The van der Waals surface area contributed by atoms with Crippen molar-refractivity contribution in [3.05, 3.63) is 23.8 Å². The van der Waals surface area contributed by atoms with Crippen LogP contribution in [0.4, 0.5) is 5.69 Å². The van der Waals surface area contributed by atoms with Gasteiger partial charge in [-0.1, -0.05) is 5.92 Å². The van der Waals surface area contributed by atoms with Gasteiger partial charge in [0.15, 0.2) is 0 Å². The number of carbonyl (C=O) groups is 1. The van der Waals surface area contributed by atoms with Crippen molar-refractivity contribution < 1.29 is 9.53 Å². The molecule has 1 aromatic carbocycles. The van der Waals surface area contributed by atoms with Crippen molar-refractivity contribution in [3.63, 3.8) is 0 Å². The normalized spacial score (nSPS) is 9.07. The third-order valence-electron chi connectivity index (χ3n) is 1.69. The van der Waals surface area contributed by atoms with E-state index in [2.05, 4.69) is 5.92 Å². The highest BCUT2D eigenvalue weighted by atomic mass is 16.5. The monoisotopic (exact) mass is 205 g/mol. The van der Waals surface area contributed by atoms with Crippen molar-refractivity contribution in [2.75, 3.05) is 12.3 Å². The van der Waals surface area contributed by atoms with Gasteiger partial charge in [0, 0.05) is 5.69 Å². The van der Waals surface area contributed by atoms with Crippen LogP contribution in [0, 0.1) is 12.3 Å². The van der Waals surface area contributed by atoms with Gasteiger partial charge in [0.05, 0.1) is 5.56 Å². The Labute approximate surface area is 87.4 Å². The first kappa shape index (κ1) is 10.9. The van der Waals surface area contributed by atoms with Gasteiger partial charge >= 0.3 is 0 Å². The Bertz CT molecular complexity index is 410. The second-order valence-electron chi connectivity index (χ2n) is 2.72. The number of nitrogens with two attached hydrogens (primary N) is 2. The lowest BCUT2D eigenvalue weighted by molar-refractivity contribution is 0.0950. The van der Waals surface area contributed by atoms with Crippen molar-refractivity contribution in [1.29, 1.82) is 0 Å². The summed E-state index contributed by atoms with van der Waals surface area (Å²) in [7, 11) is 0. The molecule has 1 amide bonds. The van der Waals surface area contributed by atoms with E-state index in [0.717, 1.165) is 0 Å². The van der Waals surface area contributed by atoms with Gasteiger partial charge in [0.1, 0.15) is 12.4 Å². The highest BCUT2D eigenvalue weighted by molar-refractivity contribution is 5.97. The highest BCUT2D eigenvalue weighted by Crippen LogP contribution is 2.21. The van der Waals surface area contributed by atoms with E-state index < -0.39 is 5.91 Å². The number of nitrogen functional groups attached to an aromatic ring is 2. The number of rotatable bonds is 3. The molecule has 15 heavy (non-hydrogen) atoms. The molecule has 5 nitrogen and oxygen atoms in total. The molecule has 0 aliphatic rings. The van der Waals surface area contributed by atoms with Crippen LogP contribution in [0.15, 0.2) is 18.2 Å². The topological polar surface area (TPSA) is 90.4 Å². The molecular formula is C10H11N3O2. The van der Waals surface area contributed by atoms with Crippen LogP contribution < -0.4 is 21.7 Å². The number of carbonyl (C=O) groups excluding carboxylic acids is 1. The van der Waals surface area contributed by atoms with Crippen LogP contribution in [-0.4, -0.2) is 12.5 Å². The molecule has 0 radical (unpaired) electrons. The molecule has 0 spiro atoms. The third-order valence-corrected chi connectivity index (χ3v) is 1.69. The smallest absolute Gasteiger partial charge is 0.269 e. The Hall–Kier alpha value is -2.19. The fourth-order valence-electron chi connectivity index (χ4n) is 1.05. The van der Waals surface area contributed by atoms with Gasteiger partial charge in [-0.25, -0.2) is 5.84 Å². The molecule has 5 N–H and O–H groups in total. The first-order valence-corrected chi connectivity index (χ1v) is 4.15. The van der Waals surface area contributed by atoms with E-state index in [-0.39, 0.29) is 12.2 Å². The summed E-state index contributed by atoms with van der Waals surface area (Å²) in [4.78, 5) is 11.3. The molecule has 0 heterocycles. The Morgan fingerprint density at radius 1 is 1.60 bits per heavy atom. The van der Waals surface area contributed by atoms with Gasteiger partial charge in [-0.2, -0.15) is 0 Å². The zero-order chi connectivity index (χ0) is 11.3. The van der Waals surface area contributed by atoms with Crippen LogP contribution in [0.3, 0.4) is 0 Å². The molecule has 0 unspecified atom stereocenters. The zero-order valence-corrected chi connectivity index (χ0v) is 7.99. The molecule has 0 aliphatic carbocycles. The molecule has 0 fully saturated rings. The predicted molar refractivity (Wildman–Crippen MR) is 56.8 cm³/mol. The van der Waals surface area contributed by atoms with Gasteiger partial charge in [-0.3, -0.25) is 10.2 Å². The van der Waals surface area contributed by atoms with Crippen LogP contribution in [0.5, 0.6) is 5.75 Å². The molecule has 0 aliphatic heterocycles. The lowest BCUT2D eigenvalue weighted by Crippen LogP contribution is -2.30. The van der Waals surface area contributed by atoms with E-state index in [1.165, 1.54) is 6.07 Å². The van der Waals surface area contributed by atoms with Gasteiger partial charge in [-0.15, -0.1) is 6.42 Å². The molecular weight excluding hydrogens is 194 g/mol. The van der Waals surface area contributed by atoms with Crippen molar-refractivity contribution >= 4 is 11.6 Å². The van der Waals surface area contributed by atoms with Crippen molar-refractivity contribution in [3.8, 4) is 18.1 Å². The lowest BCUT2D eigenvalue weighted by atomic mass is 10.1. The van der Waals surface area contributed by atoms with E-state index in [4.69, 9.17) is 22.7 Å². The van der Waals surface area contributed by atoms with Crippen LogP contribution in [0.2, 0.25) is 0 Å². The summed E-state index contributed by atoms with van der Waals surface area (Å²) in [5.74, 6) is 7.19. The van der Waals surface area contributed by atoms with Gasteiger partial charge in [0.2, 0.25) is 0 Å². The summed E-state index contributed by atoms with van der Waals surface area (Å²) < 4.78 is 5.16. The summed E-state index contributed by atoms with van der Waals surface area (Å²) in [6.07, 6.45) is 5.04. The first-order valence-electron chi connectivity index (χ1n) is 4.15. The average Bonchev–Trinajstić information content (AvgIpc) is 2.26. The second-order valence-corrected chi connectivity index (χ2v) is 2.72. The Kier molecular flexibility index (Phi) is 3.55. The fourth-order valence-corrected chi connectivity index (χ4v) is 1.05. The minimum Gasteiger partial charge on any atom is -0.480 e. The summed E-state index contributed by atoms with van der Waals surface area (Å²) in [5, 5.41) is 0. The number of amides is 1. The second kappa shape index (κ2) is 4.88. The molecule has 0 saturated carbocycles. The Morgan fingerprint density at radius 2 is 2.33 bits per heavy atom. The number of hydrazine groups is 1. The van der Waals surface area contributed by atoms with E-state index >= 15 is 0 Å². The first-order chi connectivity index (χ1) is 7.19. The maximum Gasteiger partial charge on any atom is 0.269 e. The zero-order valence-electron chi connectivity index (χ0n) is 7.99. The average molecular weight is 205 g/mol. The highest BCUT2D eigenvalue weighted by Gasteiger charge is 2.11. The summed E-state index contributed by atoms with van der Waals surface area (Å²) in [6, 6.07) is 4.64. The predicted octanol–water partition coefficient (Wildman–Crippen LogP) is -0.116. The molecule has 78 valence electrons. The van der Waals surface area contributed by atoms with Crippen molar-refractivity contribution in [2.45, 2.75) is 0 Å². The van der Waals surface area contributed by atoms with E-state index in [1.54, 1.807) is 12.1 Å². The quantitative estimate of drug-likeness (QED) is 0.211. The number of hydrogen-bond acceptors (Lipinski definition) is 4. The number of hydrogen-bond donors (Lipinski definition) is 3. The number of ether oxygens (including phenoxy) is 1. The maximum atomic E-state index is 11.3. The minimum absolute atomic E-state index is 0.0781. The molecule has 0 aromatic heterocycles.